The van der Waals surface area contributed by atoms with Gasteiger partial charge in [0.25, 0.3) is 0 Å². The second-order valence-electron chi connectivity index (χ2n) is 10.8. The number of rotatable bonds is 30. The van der Waals surface area contributed by atoms with Crippen LogP contribution in [0.4, 0.5) is 0 Å². The first-order valence-electron chi connectivity index (χ1n) is 16.0. The first kappa shape index (κ1) is 39.0. The van der Waals surface area contributed by atoms with Gasteiger partial charge in [0.1, 0.15) is 12.7 Å². The zero-order chi connectivity index (χ0) is 29.7. The maximum absolute atomic E-state index is 11.9. The van der Waals surface area contributed by atoms with Gasteiger partial charge in [-0.05, 0) is 12.8 Å². The quantitative estimate of drug-likeness (QED) is 0.0447. The lowest BCUT2D eigenvalue weighted by molar-refractivity contribution is -0.147. The van der Waals surface area contributed by atoms with E-state index in [0.29, 0.717) is 6.42 Å². The molecule has 10 heteroatoms. The minimum atomic E-state index is -4.39. The molecule has 0 saturated heterocycles. The first-order valence-corrected chi connectivity index (χ1v) is 17.5. The Kier molecular flexibility index (Phi) is 27.4. The fourth-order valence-corrected chi connectivity index (χ4v) is 5.08. The Morgan fingerprint density at radius 3 is 1.62 bits per heavy atom. The van der Waals surface area contributed by atoms with E-state index in [4.69, 9.17) is 13.8 Å². The molecular formula is C30H60NO8P. The zero-order valence-electron chi connectivity index (χ0n) is 25.5. The van der Waals surface area contributed by atoms with Crippen LogP contribution in [-0.2, 0) is 27.9 Å². The molecule has 0 aromatic heterocycles. The number of carbonyl (C=O) groups excluding carboxylic acids is 2. The lowest BCUT2D eigenvalue weighted by atomic mass is 10.0. The molecule has 2 atom stereocenters. The van der Waals surface area contributed by atoms with Gasteiger partial charge < -0.3 is 20.1 Å². The first-order chi connectivity index (χ1) is 19.3. The molecule has 9 nitrogen and oxygen atoms in total. The SMILES string of the molecule is CCCCCCCCCCCCCCCC(=O)OCC(O)COP(=O)(O)OCCNC(=O)CCCCCCCC. The van der Waals surface area contributed by atoms with Gasteiger partial charge >= 0.3 is 13.8 Å². The number of carbonyl (C=O) groups is 2. The van der Waals surface area contributed by atoms with Gasteiger partial charge in [0.05, 0.1) is 13.2 Å². The molecule has 1 amide bonds. The molecule has 2 unspecified atom stereocenters. The standard InChI is InChI=1S/C30H60NO8P/c1-3-5-7-9-11-12-13-14-15-16-17-19-21-23-30(34)37-26-28(32)27-39-40(35,36)38-25-24-31-29(33)22-20-18-10-8-6-4-2/h28,32H,3-27H2,1-2H3,(H,31,33)(H,35,36). The molecule has 0 aliphatic rings. The van der Waals surface area contributed by atoms with E-state index >= 15 is 0 Å². The topological polar surface area (TPSA) is 131 Å². The van der Waals surface area contributed by atoms with Crippen molar-refractivity contribution in [2.75, 3.05) is 26.4 Å². The smallest absolute Gasteiger partial charge is 0.463 e. The van der Waals surface area contributed by atoms with Crippen molar-refractivity contribution in [2.45, 2.75) is 155 Å². The third-order valence-corrected chi connectivity index (χ3v) is 7.77. The highest BCUT2D eigenvalue weighted by Crippen LogP contribution is 2.42. The van der Waals surface area contributed by atoms with Crippen LogP contribution in [0.1, 0.15) is 149 Å². The number of hydrogen-bond acceptors (Lipinski definition) is 7. The number of aliphatic hydroxyl groups is 1. The second-order valence-corrected chi connectivity index (χ2v) is 12.2. The molecule has 0 aromatic carbocycles. The third-order valence-electron chi connectivity index (χ3n) is 6.79. The second kappa shape index (κ2) is 28.1. The van der Waals surface area contributed by atoms with Gasteiger partial charge in [-0.1, -0.05) is 123 Å². The third kappa shape index (κ3) is 28.5. The summed E-state index contributed by atoms with van der Waals surface area (Å²) in [5, 5.41) is 12.5. The number of nitrogens with one attached hydrogen (secondary N) is 1. The molecule has 0 aliphatic heterocycles. The van der Waals surface area contributed by atoms with Gasteiger partial charge in [0.2, 0.25) is 5.91 Å². The molecule has 40 heavy (non-hydrogen) atoms. The minimum absolute atomic E-state index is 0.0853. The van der Waals surface area contributed by atoms with Crippen LogP contribution in [0.25, 0.3) is 0 Å². The highest BCUT2D eigenvalue weighted by Gasteiger charge is 2.23. The predicted octanol–water partition coefficient (Wildman–Crippen LogP) is 7.37. The van der Waals surface area contributed by atoms with Gasteiger partial charge in [-0.2, -0.15) is 0 Å². The Labute approximate surface area is 244 Å². The number of esters is 1. The van der Waals surface area contributed by atoms with Crippen LogP contribution in [-0.4, -0.2) is 54.3 Å². The largest absolute Gasteiger partial charge is 0.472 e. The van der Waals surface area contributed by atoms with Gasteiger partial charge in [0, 0.05) is 19.4 Å². The van der Waals surface area contributed by atoms with Crippen molar-refractivity contribution in [1.82, 2.24) is 5.32 Å². The molecule has 0 bridgehead atoms. The molecule has 0 heterocycles. The van der Waals surface area contributed by atoms with Gasteiger partial charge in [-0.3, -0.25) is 18.6 Å². The van der Waals surface area contributed by atoms with Crippen molar-refractivity contribution in [3.8, 4) is 0 Å². The number of unbranched alkanes of at least 4 members (excludes halogenated alkanes) is 17. The van der Waals surface area contributed by atoms with Gasteiger partial charge in [-0.25, -0.2) is 4.57 Å². The normalized spacial score (nSPS) is 13.6. The molecule has 0 rings (SSSR count). The maximum Gasteiger partial charge on any atom is 0.472 e. The summed E-state index contributed by atoms with van der Waals surface area (Å²) in [6, 6.07) is 0. The Morgan fingerprint density at radius 2 is 1.12 bits per heavy atom. The summed E-state index contributed by atoms with van der Waals surface area (Å²) in [6.07, 6.45) is 22.0. The fraction of sp³-hybridized carbons (Fsp3) is 0.933. The van der Waals surface area contributed by atoms with E-state index in [1.807, 2.05) is 0 Å². The summed E-state index contributed by atoms with van der Waals surface area (Å²) in [5.41, 5.74) is 0. The van der Waals surface area contributed by atoms with Crippen LogP contribution in [0.5, 0.6) is 0 Å². The van der Waals surface area contributed by atoms with Crippen molar-refractivity contribution < 1.29 is 37.9 Å². The predicted molar refractivity (Wildman–Crippen MR) is 160 cm³/mol. The van der Waals surface area contributed by atoms with E-state index in [-0.39, 0.29) is 32.1 Å². The van der Waals surface area contributed by atoms with Crippen molar-refractivity contribution in [3.63, 3.8) is 0 Å². The zero-order valence-corrected chi connectivity index (χ0v) is 26.4. The lowest BCUT2D eigenvalue weighted by Crippen LogP contribution is -2.27. The van der Waals surface area contributed by atoms with Gasteiger partial charge in [-0.15, -0.1) is 0 Å². The molecule has 0 saturated carbocycles. The number of amides is 1. The van der Waals surface area contributed by atoms with Crippen LogP contribution < -0.4 is 5.32 Å². The molecule has 3 N–H and O–H groups in total. The van der Waals surface area contributed by atoms with Crippen LogP contribution in [0, 0.1) is 0 Å². The van der Waals surface area contributed by atoms with Crippen LogP contribution >= 0.6 is 7.82 Å². The van der Waals surface area contributed by atoms with E-state index in [9.17, 15) is 24.2 Å². The summed E-state index contributed by atoms with van der Waals surface area (Å²) < 4.78 is 26.5. The molecule has 0 aromatic rings. The number of ether oxygens (including phenoxy) is 1. The molecule has 0 radical (unpaired) electrons. The summed E-state index contributed by atoms with van der Waals surface area (Å²) in [5.74, 6) is -0.522. The fourth-order valence-electron chi connectivity index (χ4n) is 4.32. The van der Waals surface area contributed by atoms with Crippen molar-refractivity contribution in [1.29, 1.82) is 0 Å². The number of phosphoric acid groups is 1. The summed E-state index contributed by atoms with van der Waals surface area (Å²) in [4.78, 5) is 33.4. The van der Waals surface area contributed by atoms with E-state index in [0.717, 1.165) is 38.5 Å². The van der Waals surface area contributed by atoms with Crippen LogP contribution in [0.3, 0.4) is 0 Å². The summed E-state index contributed by atoms with van der Waals surface area (Å²) in [6.45, 7) is 3.47. The Hall–Kier alpha value is -0.990. The van der Waals surface area contributed by atoms with Crippen LogP contribution in [0.15, 0.2) is 0 Å². The summed E-state index contributed by atoms with van der Waals surface area (Å²) >= 11 is 0. The monoisotopic (exact) mass is 593 g/mol. The van der Waals surface area contributed by atoms with E-state index in [1.165, 1.54) is 83.5 Å². The average molecular weight is 594 g/mol. The molecule has 0 spiro atoms. The molecular weight excluding hydrogens is 533 g/mol. The highest BCUT2D eigenvalue weighted by molar-refractivity contribution is 7.47. The van der Waals surface area contributed by atoms with Crippen molar-refractivity contribution in [2.24, 2.45) is 0 Å². The van der Waals surface area contributed by atoms with Gasteiger partial charge in [0.15, 0.2) is 0 Å². The Morgan fingerprint density at radius 1 is 0.675 bits per heavy atom. The average Bonchev–Trinajstić information content (AvgIpc) is 2.93. The molecule has 0 fully saturated rings. The number of phosphoric ester groups is 1. The number of aliphatic hydroxyl groups excluding tert-OH is 1. The lowest BCUT2D eigenvalue weighted by Gasteiger charge is -2.15. The van der Waals surface area contributed by atoms with E-state index in [2.05, 4.69) is 19.2 Å². The van der Waals surface area contributed by atoms with E-state index in [1.54, 1.807) is 0 Å². The Bertz CT molecular complexity index is 649. The minimum Gasteiger partial charge on any atom is -0.463 e. The number of hydrogen-bond donors (Lipinski definition) is 3. The van der Waals surface area contributed by atoms with E-state index < -0.39 is 26.5 Å². The Balaban J connectivity index is 3.63. The van der Waals surface area contributed by atoms with Crippen LogP contribution in [0.2, 0.25) is 0 Å². The molecule has 238 valence electrons. The highest BCUT2D eigenvalue weighted by atomic mass is 31.2. The maximum atomic E-state index is 11.9. The van der Waals surface area contributed by atoms with Crippen molar-refractivity contribution in [3.05, 3.63) is 0 Å². The van der Waals surface area contributed by atoms with Crippen molar-refractivity contribution >= 4 is 19.7 Å². The summed E-state index contributed by atoms with van der Waals surface area (Å²) in [7, 11) is -4.39. The molecule has 0 aliphatic carbocycles.